The van der Waals surface area contributed by atoms with Crippen molar-refractivity contribution in [3.63, 3.8) is 0 Å². The van der Waals surface area contributed by atoms with E-state index in [1.165, 1.54) is 16.4 Å². The second-order valence-electron chi connectivity index (χ2n) is 6.16. The van der Waals surface area contributed by atoms with Gasteiger partial charge in [-0.15, -0.1) is 0 Å². The van der Waals surface area contributed by atoms with E-state index in [1.54, 1.807) is 12.1 Å². The van der Waals surface area contributed by atoms with Crippen LogP contribution in [0.5, 0.6) is 0 Å². The number of rotatable bonds is 7. The number of hydrogen-bond acceptors (Lipinski definition) is 5. The average Bonchev–Trinajstić information content (AvgIpc) is 2.55. The maximum Gasteiger partial charge on any atom is 0.269 e. The SMILES string of the molecule is CCCS(=O)(=O)N1CCC(NC(=O)Cc2ccc([N+](=O)[O-])cc2)CC1. The van der Waals surface area contributed by atoms with Crippen LogP contribution in [0, 0.1) is 10.1 Å². The summed E-state index contributed by atoms with van der Waals surface area (Å²) in [5.74, 6) is -0.00631. The zero-order valence-electron chi connectivity index (χ0n) is 14.2. The lowest BCUT2D eigenvalue weighted by Crippen LogP contribution is -2.47. The molecule has 1 fully saturated rings. The van der Waals surface area contributed by atoms with Crippen molar-refractivity contribution in [3.8, 4) is 0 Å². The normalized spacial score (nSPS) is 16.5. The summed E-state index contributed by atoms with van der Waals surface area (Å²) in [6, 6.07) is 5.84. The van der Waals surface area contributed by atoms with Crippen molar-refractivity contribution in [2.75, 3.05) is 18.8 Å². The highest BCUT2D eigenvalue weighted by molar-refractivity contribution is 7.89. The van der Waals surface area contributed by atoms with Crippen LogP contribution in [0.25, 0.3) is 0 Å². The van der Waals surface area contributed by atoms with E-state index in [0.717, 1.165) is 0 Å². The van der Waals surface area contributed by atoms with Crippen LogP contribution >= 0.6 is 0 Å². The Kier molecular flexibility index (Phi) is 6.49. The Hall–Kier alpha value is -2.00. The molecule has 0 spiro atoms. The molecule has 0 atom stereocenters. The number of nitro benzene ring substituents is 1. The van der Waals surface area contributed by atoms with Crippen molar-refractivity contribution in [1.82, 2.24) is 9.62 Å². The van der Waals surface area contributed by atoms with Crippen molar-refractivity contribution in [3.05, 3.63) is 39.9 Å². The van der Waals surface area contributed by atoms with Crippen LogP contribution in [0.15, 0.2) is 24.3 Å². The number of non-ortho nitro benzene ring substituents is 1. The van der Waals surface area contributed by atoms with Gasteiger partial charge in [-0.3, -0.25) is 14.9 Å². The van der Waals surface area contributed by atoms with Crippen LogP contribution < -0.4 is 5.32 Å². The Morgan fingerprint density at radius 3 is 2.40 bits per heavy atom. The molecule has 2 rings (SSSR count). The molecule has 1 aromatic rings. The first-order valence-electron chi connectivity index (χ1n) is 8.32. The van der Waals surface area contributed by atoms with E-state index in [9.17, 15) is 23.3 Å². The highest BCUT2D eigenvalue weighted by Crippen LogP contribution is 2.16. The zero-order chi connectivity index (χ0) is 18.4. The molecular weight excluding hydrogens is 346 g/mol. The summed E-state index contributed by atoms with van der Waals surface area (Å²) in [7, 11) is -3.18. The lowest BCUT2D eigenvalue weighted by atomic mass is 10.1. The molecule has 0 radical (unpaired) electrons. The van der Waals surface area contributed by atoms with E-state index in [1.807, 2.05) is 6.92 Å². The molecule has 0 bridgehead atoms. The van der Waals surface area contributed by atoms with Crippen LogP contribution in [0.4, 0.5) is 5.69 Å². The summed E-state index contributed by atoms with van der Waals surface area (Å²) in [5.41, 5.74) is 0.691. The second-order valence-corrected chi connectivity index (χ2v) is 8.25. The van der Waals surface area contributed by atoms with Gasteiger partial charge in [-0.05, 0) is 24.8 Å². The van der Waals surface area contributed by atoms with Crippen LogP contribution in [0.2, 0.25) is 0 Å². The van der Waals surface area contributed by atoms with Gasteiger partial charge in [-0.25, -0.2) is 12.7 Å². The summed E-state index contributed by atoms with van der Waals surface area (Å²) in [6.07, 6.45) is 1.92. The fourth-order valence-electron chi connectivity index (χ4n) is 2.86. The molecule has 138 valence electrons. The second kappa shape index (κ2) is 8.39. The first-order valence-corrected chi connectivity index (χ1v) is 9.93. The molecule has 0 unspecified atom stereocenters. The van der Waals surface area contributed by atoms with Crippen LogP contribution in [0.1, 0.15) is 31.7 Å². The molecule has 1 saturated heterocycles. The van der Waals surface area contributed by atoms with E-state index < -0.39 is 14.9 Å². The molecular formula is C16H23N3O5S. The molecule has 9 heteroatoms. The van der Waals surface area contributed by atoms with Gasteiger partial charge in [0.05, 0.1) is 17.1 Å². The van der Waals surface area contributed by atoms with Gasteiger partial charge in [-0.2, -0.15) is 0 Å². The highest BCUT2D eigenvalue weighted by atomic mass is 32.2. The standard InChI is InChI=1S/C16H23N3O5S/c1-2-11-25(23,24)18-9-7-14(8-10-18)17-16(20)12-13-3-5-15(6-4-13)19(21)22/h3-6,14H,2,7-12H2,1H3,(H,17,20). The van der Waals surface area contributed by atoms with Crippen molar-refractivity contribution >= 4 is 21.6 Å². The van der Waals surface area contributed by atoms with Gasteiger partial charge in [0.2, 0.25) is 15.9 Å². The molecule has 1 N–H and O–H groups in total. The van der Waals surface area contributed by atoms with E-state index >= 15 is 0 Å². The van der Waals surface area contributed by atoms with Gasteiger partial charge in [0.15, 0.2) is 0 Å². The zero-order valence-corrected chi connectivity index (χ0v) is 15.0. The first-order chi connectivity index (χ1) is 11.8. The van der Waals surface area contributed by atoms with Gasteiger partial charge >= 0.3 is 0 Å². The third-order valence-electron chi connectivity index (χ3n) is 4.19. The van der Waals surface area contributed by atoms with E-state index in [0.29, 0.717) is 37.9 Å². The predicted octanol–water partition coefficient (Wildman–Crippen LogP) is 1.46. The highest BCUT2D eigenvalue weighted by Gasteiger charge is 2.27. The summed E-state index contributed by atoms with van der Waals surface area (Å²) < 4.78 is 25.5. The number of carbonyl (C=O) groups excluding carboxylic acids is 1. The van der Waals surface area contributed by atoms with E-state index in [4.69, 9.17) is 0 Å². The Labute approximate surface area is 147 Å². The number of hydrogen-bond donors (Lipinski definition) is 1. The number of nitrogens with zero attached hydrogens (tertiary/aromatic N) is 2. The lowest BCUT2D eigenvalue weighted by molar-refractivity contribution is -0.384. The quantitative estimate of drug-likeness (QED) is 0.578. The summed E-state index contributed by atoms with van der Waals surface area (Å²) >= 11 is 0. The fourth-order valence-corrected chi connectivity index (χ4v) is 4.41. The number of nitrogens with one attached hydrogen (secondary N) is 1. The molecule has 1 heterocycles. The van der Waals surface area contributed by atoms with Crippen molar-refractivity contribution in [1.29, 1.82) is 0 Å². The van der Waals surface area contributed by atoms with Crippen LogP contribution in [-0.4, -0.2) is 48.4 Å². The largest absolute Gasteiger partial charge is 0.353 e. The minimum absolute atomic E-state index is 0.00943. The smallest absolute Gasteiger partial charge is 0.269 e. The van der Waals surface area contributed by atoms with Crippen LogP contribution in [0.3, 0.4) is 0 Å². The van der Waals surface area contributed by atoms with Gasteiger partial charge in [-0.1, -0.05) is 19.1 Å². The van der Waals surface area contributed by atoms with Gasteiger partial charge in [0.1, 0.15) is 0 Å². The molecule has 0 aromatic heterocycles. The molecule has 1 aliphatic rings. The predicted molar refractivity (Wildman–Crippen MR) is 93.6 cm³/mol. The summed E-state index contributed by atoms with van der Waals surface area (Å²) in [5, 5.41) is 13.5. The number of nitro groups is 1. The van der Waals surface area contributed by atoms with Crippen molar-refractivity contribution < 1.29 is 18.1 Å². The number of carbonyl (C=O) groups is 1. The Morgan fingerprint density at radius 2 is 1.88 bits per heavy atom. The molecule has 25 heavy (non-hydrogen) atoms. The average molecular weight is 369 g/mol. The Bertz CT molecular complexity index is 710. The maximum absolute atomic E-state index is 12.1. The Morgan fingerprint density at radius 1 is 1.28 bits per heavy atom. The third-order valence-corrected chi connectivity index (χ3v) is 6.26. The monoisotopic (exact) mass is 369 g/mol. The summed E-state index contributed by atoms with van der Waals surface area (Å²) in [6.45, 7) is 2.68. The van der Waals surface area contributed by atoms with Crippen molar-refractivity contribution in [2.45, 2.75) is 38.6 Å². The molecule has 1 aromatic carbocycles. The van der Waals surface area contributed by atoms with Gasteiger partial charge in [0.25, 0.3) is 5.69 Å². The fraction of sp³-hybridized carbons (Fsp3) is 0.562. The topological polar surface area (TPSA) is 110 Å². The van der Waals surface area contributed by atoms with E-state index in [-0.39, 0.29) is 29.8 Å². The number of sulfonamides is 1. The minimum Gasteiger partial charge on any atom is -0.353 e. The summed E-state index contributed by atoms with van der Waals surface area (Å²) in [4.78, 5) is 22.2. The molecule has 1 aliphatic heterocycles. The Balaban J connectivity index is 1.81. The minimum atomic E-state index is -3.18. The van der Waals surface area contributed by atoms with Crippen LogP contribution in [-0.2, 0) is 21.2 Å². The number of piperidine rings is 1. The molecule has 1 amide bonds. The van der Waals surface area contributed by atoms with Gasteiger partial charge in [0, 0.05) is 31.3 Å². The number of amides is 1. The van der Waals surface area contributed by atoms with Gasteiger partial charge < -0.3 is 5.32 Å². The maximum atomic E-state index is 12.1. The molecule has 0 aliphatic carbocycles. The van der Waals surface area contributed by atoms with Crippen molar-refractivity contribution in [2.24, 2.45) is 0 Å². The first kappa shape index (κ1) is 19.3. The van der Waals surface area contributed by atoms with E-state index in [2.05, 4.69) is 5.32 Å². The molecule has 0 saturated carbocycles. The molecule has 8 nitrogen and oxygen atoms in total. The third kappa shape index (κ3) is 5.50. The lowest BCUT2D eigenvalue weighted by Gasteiger charge is -2.31. The number of benzene rings is 1.